The van der Waals surface area contributed by atoms with Gasteiger partial charge in [-0.1, -0.05) is 24.1 Å². The van der Waals surface area contributed by atoms with Crippen LogP contribution in [0.1, 0.15) is 58.4 Å². The van der Waals surface area contributed by atoms with Crippen molar-refractivity contribution in [1.29, 1.82) is 0 Å². The minimum absolute atomic E-state index is 0.0435. The zero-order valence-corrected chi connectivity index (χ0v) is 14.5. The number of amides is 1. The Bertz CT molecular complexity index is 746. The number of nitrogens with one attached hydrogen (secondary N) is 1. The van der Waals surface area contributed by atoms with E-state index < -0.39 is 0 Å². The third-order valence-electron chi connectivity index (χ3n) is 4.48. The lowest BCUT2D eigenvalue weighted by atomic mass is 9.98. The lowest BCUT2D eigenvalue weighted by Gasteiger charge is -2.21. The van der Waals surface area contributed by atoms with Crippen molar-refractivity contribution in [1.82, 2.24) is 0 Å². The smallest absolute Gasteiger partial charge is 0.338 e. The molecule has 4 heteroatoms. The molecule has 1 fully saturated rings. The number of rotatable bonds is 4. The van der Waals surface area contributed by atoms with Crippen molar-refractivity contribution in [3.8, 4) is 0 Å². The molecule has 1 aliphatic carbocycles. The van der Waals surface area contributed by atoms with E-state index in [0.29, 0.717) is 16.8 Å². The van der Waals surface area contributed by atoms with Gasteiger partial charge in [-0.25, -0.2) is 4.79 Å². The van der Waals surface area contributed by atoms with Gasteiger partial charge in [-0.3, -0.25) is 4.79 Å². The molecule has 0 atom stereocenters. The molecule has 1 saturated carbocycles. The van der Waals surface area contributed by atoms with Crippen LogP contribution in [0.25, 0.3) is 0 Å². The number of hydrogen-bond acceptors (Lipinski definition) is 3. The average Bonchev–Trinajstić information content (AvgIpc) is 2.63. The molecule has 0 saturated heterocycles. The first-order chi connectivity index (χ1) is 12.1. The van der Waals surface area contributed by atoms with Gasteiger partial charge in [-0.05, 0) is 69.0 Å². The number of esters is 1. The number of ether oxygens (including phenoxy) is 1. The first-order valence-electron chi connectivity index (χ1n) is 8.81. The summed E-state index contributed by atoms with van der Waals surface area (Å²) in [4.78, 5) is 24.4. The van der Waals surface area contributed by atoms with Crippen LogP contribution in [0.15, 0.2) is 48.5 Å². The highest BCUT2D eigenvalue weighted by Crippen LogP contribution is 2.22. The molecule has 0 radical (unpaired) electrons. The van der Waals surface area contributed by atoms with Gasteiger partial charge in [0.25, 0.3) is 5.91 Å². The molecule has 4 nitrogen and oxygen atoms in total. The van der Waals surface area contributed by atoms with Gasteiger partial charge in [-0.2, -0.15) is 0 Å². The van der Waals surface area contributed by atoms with E-state index in [-0.39, 0.29) is 18.0 Å². The van der Waals surface area contributed by atoms with Crippen molar-refractivity contribution in [3.63, 3.8) is 0 Å². The maximum atomic E-state index is 12.2. The summed E-state index contributed by atoms with van der Waals surface area (Å²) in [5.74, 6) is -0.454. The van der Waals surface area contributed by atoms with Crippen molar-refractivity contribution in [2.75, 3.05) is 5.32 Å². The molecule has 0 bridgehead atoms. The van der Waals surface area contributed by atoms with Crippen molar-refractivity contribution in [2.24, 2.45) is 0 Å². The second-order valence-corrected chi connectivity index (χ2v) is 6.57. The minimum Gasteiger partial charge on any atom is -0.459 e. The molecule has 1 aliphatic rings. The molecule has 0 aliphatic heterocycles. The summed E-state index contributed by atoms with van der Waals surface area (Å²) in [7, 11) is 0. The lowest BCUT2D eigenvalue weighted by molar-refractivity contribution is 0.0211. The summed E-state index contributed by atoms with van der Waals surface area (Å²) in [6.45, 7) is 1.95. The first kappa shape index (κ1) is 17.2. The summed E-state index contributed by atoms with van der Waals surface area (Å²) in [5.41, 5.74) is 2.81. The van der Waals surface area contributed by atoms with Gasteiger partial charge >= 0.3 is 5.97 Å². The zero-order chi connectivity index (χ0) is 17.6. The van der Waals surface area contributed by atoms with E-state index in [1.807, 2.05) is 25.1 Å². The number of anilines is 1. The largest absolute Gasteiger partial charge is 0.459 e. The molecule has 0 aromatic heterocycles. The van der Waals surface area contributed by atoms with Crippen LogP contribution < -0.4 is 5.32 Å². The van der Waals surface area contributed by atoms with Crippen molar-refractivity contribution in [3.05, 3.63) is 65.2 Å². The number of carbonyl (C=O) groups is 2. The van der Waals surface area contributed by atoms with Crippen molar-refractivity contribution >= 4 is 17.6 Å². The molecule has 2 aromatic rings. The molecule has 3 rings (SSSR count). The van der Waals surface area contributed by atoms with Gasteiger partial charge in [0.15, 0.2) is 0 Å². The highest BCUT2D eigenvalue weighted by Gasteiger charge is 2.18. The molecule has 0 unspecified atom stereocenters. The molecular formula is C21H23NO3. The fraction of sp³-hybridized carbons (Fsp3) is 0.333. The fourth-order valence-electron chi connectivity index (χ4n) is 3.08. The topological polar surface area (TPSA) is 55.4 Å². The quantitative estimate of drug-likeness (QED) is 0.820. The zero-order valence-electron chi connectivity index (χ0n) is 14.5. The number of aryl methyl sites for hydroxylation is 1. The van der Waals surface area contributed by atoms with Crippen LogP contribution in [0, 0.1) is 6.92 Å². The molecule has 0 heterocycles. The Kier molecular flexibility index (Phi) is 5.49. The Morgan fingerprint density at radius 2 is 1.68 bits per heavy atom. The molecule has 1 N–H and O–H groups in total. The van der Waals surface area contributed by atoms with Gasteiger partial charge in [0.2, 0.25) is 0 Å². The van der Waals surface area contributed by atoms with Crippen LogP contribution in [-0.4, -0.2) is 18.0 Å². The van der Waals surface area contributed by atoms with E-state index >= 15 is 0 Å². The maximum Gasteiger partial charge on any atom is 0.338 e. The molecule has 25 heavy (non-hydrogen) atoms. The van der Waals surface area contributed by atoms with Gasteiger partial charge in [0.1, 0.15) is 6.10 Å². The van der Waals surface area contributed by atoms with Gasteiger partial charge in [0, 0.05) is 11.3 Å². The van der Waals surface area contributed by atoms with E-state index in [4.69, 9.17) is 4.74 Å². The highest BCUT2D eigenvalue weighted by molar-refractivity contribution is 6.04. The lowest BCUT2D eigenvalue weighted by Crippen LogP contribution is -2.21. The van der Waals surface area contributed by atoms with Crippen LogP contribution in [0.4, 0.5) is 5.69 Å². The first-order valence-corrected chi connectivity index (χ1v) is 8.81. The highest BCUT2D eigenvalue weighted by atomic mass is 16.5. The van der Waals surface area contributed by atoms with Gasteiger partial charge in [0.05, 0.1) is 5.56 Å². The van der Waals surface area contributed by atoms with Crippen LogP contribution in [0.2, 0.25) is 0 Å². The number of carbonyl (C=O) groups excluding carboxylic acids is 2. The molecular weight excluding hydrogens is 314 g/mol. The Morgan fingerprint density at radius 1 is 0.960 bits per heavy atom. The Balaban J connectivity index is 1.59. The maximum absolute atomic E-state index is 12.2. The van der Waals surface area contributed by atoms with Crippen molar-refractivity contribution in [2.45, 2.75) is 45.1 Å². The summed E-state index contributed by atoms with van der Waals surface area (Å²) in [5, 5.41) is 2.84. The molecule has 2 aromatic carbocycles. The van der Waals surface area contributed by atoms with E-state index in [1.165, 1.54) is 6.42 Å². The number of hydrogen-bond donors (Lipinski definition) is 1. The standard InChI is InChI=1S/C21H23NO3/c1-15-6-5-7-17(14-15)20(23)22-18-12-10-16(11-13-18)21(24)25-19-8-3-2-4-9-19/h5-7,10-14,19H,2-4,8-9H2,1H3,(H,22,23). The Hall–Kier alpha value is -2.62. The van der Waals surface area contributed by atoms with E-state index in [0.717, 1.165) is 31.2 Å². The normalized spacial score (nSPS) is 14.8. The average molecular weight is 337 g/mol. The van der Waals surface area contributed by atoms with E-state index in [1.54, 1.807) is 30.3 Å². The molecule has 1 amide bonds. The Morgan fingerprint density at radius 3 is 2.36 bits per heavy atom. The van der Waals surface area contributed by atoms with Crippen molar-refractivity contribution < 1.29 is 14.3 Å². The third-order valence-corrected chi connectivity index (χ3v) is 4.48. The SMILES string of the molecule is Cc1cccc(C(=O)Nc2ccc(C(=O)OC3CCCCC3)cc2)c1. The van der Waals surface area contributed by atoms with Crippen LogP contribution in [-0.2, 0) is 4.74 Å². The predicted molar refractivity (Wildman–Crippen MR) is 97.9 cm³/mol. The second kappa shape index (κ2) is 7.97. The molecule has 0 spiro atoms. The third kappa shape index (κ3) is 4.69. The number of benzene rings is 2. The van der Waals surface area contributed by atoms with Crippen LogP contribution in [0.5, 0.6) is 0 Å². The summed E-state index contributed by atoms with van der Waals surface area (Å²) in [6.07, 6.45) is 5.43. The van der Waals surface area contributed by atoms with E-state index in [2.05, 4.69) is 5.32 Å². The second-order valence-electron chi connectivity index (χ2n) is 6.57. The molecule has 130 valence electrons. The van der Waals surface area contributed by atoms with Crippen LogP contribution in [0.3, 0.4) is 0 Å². The fourth-order valence-corrected chi connectivity index (χ4v) is 3.08. The Labute approximate surface area is 148 Å². The van der Waals surface area contributed by atoms with Crippen LogP contribution >= 0.6 is 0 Å². The predicted octanol–water partition coefficient (Wildman–Crippen LogP) is 4.74. The summed E-state index contributed by atoms with van der Waals surface area (Å²) >= 11 is 0. The summed E-state index contributed by atoms with van der Waals surface area (Å²) in [6, 6.07) is 14.3. The minimum atomic E-state index is -0.288. The van der Waals surface area contributed by atoms with Gasteiger partial charge in [-0.15, -0.1) is 0 Å². The van der Waals surface area contributed by atoms with Gasteiger partial charge < -0.3 is 10.1 Å². The monoisotopic (exact) mass is 337 g/mol. The summed E-state index contributed by atoms with van der Waals surface area (Å²) < 4.78 is 5.55. The van der Waals surface area contributed by atoms with E-state index in [9.17, 15) is 9.59 Å².